The maximum atomic E-state index is 12.0. The van der Waals surface area contributed by atoms with Crippen LogP contribution in [0.5, 0.6) is 0 Å². The molecule has 24 heavy (non-hydrogen) atoms. The van der Waals surface area contributed by atoms with Crippen molar-refractivity contribution >= 4 is 22.8 Å². The molecule has 0 unspecified atom stereocenters. The van der Waals surface area contributed by atoms with Crippen LogP contribution < -0.4 is 5.32 Å². The van der Waals surface area contributed by atoms with Crippen LogP contribution in [0.25, 0.3) is 11.0 Å². The van der Waals surface area contributed by atoms with Crippen molar-refractivity contribution < 1.29 is 23.3 Å². The summed E-state index contributed by atoms with van der Waals surface area (Å²) in [5.74, 6) is -0.324. The number of ether oxygens (including phenoxy) is 1. The Hall–Kier alpha value is -3.09. The van der Waals surface area contributed by atoms with Gasteiger partial charge in [-0.2, -0.15) is 0 Å². The molecule has 7 nitrogen and oxygen atoms in total. The number of esters is 1. The van der Waals surface area contributed by atoms with Crippen molar-refractivity contribution in [1.82, 2.24) is 10.5 Å². The largest absolute Gasteiger partial charge is 0.467 e. The van der Waals surface area contributed by atoms with Crippen LogP contribution in [0.15, 0.2) is 51.6 Å². The number of para-hydroxylation sites is 1. The molecule has 0 fully saturated rings. The first-order valence-corrected chi connectivity index (χ1v) is 7.46. The smallest absolute Gasteiger partial charge is 0.312 e. The Morgan fingerprint density at radius 1 is 1.25 bits per heavy atom. The Labute approximate surface area is 137 Å². The molecular weight excluding hydrogens is 312 g/mol. The fraction of sp³-hybridized carbons (Fsp3) is 0.235. The molecule has 0 saturated heterocycles. The molecular formula is C17H16N2O5. The lowest BCUT2D eigenvalue weighted by Gasteiger charge is -2.12. The molecule has 7 heteroatoms. The SMILES string of the molecule is C[C@@H](OC(=O)Cc1noc2ccccc12)C(=O)NCc1ccco1. The molecule has 0 aliphatic carbocycles. The van der Waals surface area contributed by atoms with Gasteiger partial charge in [-0.3, -0.25) is 9.59 Å². The van der Waals surface area contributed by atoms with E-state index in [9.17, 15) is 9.59 Å². The van der Waals surface area contributed by atoms with Gasteiger partial charge in [-0.05, 0) is 31.2 Å². The van der Waals surface area contributed by atoms with Crippen molar-refractivity contribution in [2.75, 3.05) is 0 Å². The van der Waals surface area contributed by atoms with Crippen molar-refractivity contribution in [1.29, 1.82) is 0 Å². The number of carbonyl (C=O) groups excluding carboxylic acids is 2. The minimum Gasteiger partial charge on any atom is -0.467 e. The number of carbonyl (C=O) groups is 2. The predicted octanol–water partition coefficient (Wildman–Crippen LogP) is 2.21. The van der Waals surface area contributed by atoms with E-state index in [1.807, 2.05) is 18.2 Å². The van der Waals surface area contributed by atoms with E-state index in [0.717, 1.165) is 5.39 Å². The van der Waals surface area contributed by atoms with E-state index in [4.69, 9.17) is 13.7 Å². The number of rotatable bonds is 6. The van der Waals surface area contributed by atoms with Crippen LogP contribution in [0.3, 0.4) is 0 Å². The van der Waals surface area contributed by atoms with Gasteiger partial charge in [0.05, 0.1) is 19.2 Å². The van der Waals surface area contributed by atoms with Gasteiger partial charge in [0, 0.05) is 5.39 Å². The van der Waals surface area contributed by atoms with E-state index in [0.29, 0.717) is 17.0 Å². The lowest BCUT2D eigenvalue weighted by molar-refractivity contribution is -0.154. The van der Waals surface area contributed by atoms with Crippen LogP contribution in [0, 0.1) is 0 Å². The molecule has 1 atom stereocenters. The third-order valence-corrected chi connectivity index (χ3v) is 3.46. The maximum Gasteiger partial charge on any atom is 0.312 e. The summed E-state index contributed by atoms with van der Waals surface area (Å²) in [4.78, 5) is 23.9. The molecule has 0 aliphatic rings. The van der Waals surface area contributed by atoms with Crippen LogP contribution >= 0.6 is 0 Å². The number of amides is 1. The zero-order valence-corrected chi connectivity index (χ0v) is 13.0. The van der Waals surface area contributed by atoms with Gasteiger partial charge in [0.2, 0.25) is 0 Å². The average molecular weight is 328 g/mol. The number of aromatic nitrogens is 1. The number of hydrogen-bond donors (Lipinski definition) is 1. The molecule has 3 rings (SSSR count). The van der Waals surface area contributed by atoms with E-state index in [2.05, 4.69) is 10.5 Å². The first-order valence-electron chi connectivity index (χ1n) is 7.46. The first kappa shape index (κ1) is 15.8. The Morgan fingerprint density at radius 3 is 2.88 bits per heavy atom. The molecule has 2 heterocycles. The zero-order valence-electron chi connectivity index (χ0n) is 13.0. The van der Waals surface area contributed by atoms with Gasteiger partial charge in [0.1, 0.15) is 11.5 Å². The summed E-state index contributed by atoms with van der Waals surface area (Å²) in [6, 6.07) is 10.7. The van der Waals surface area contributed by atoms with E-state index < -0.39 is 18.0 Å². The van der Waals surface area contributed by atoms with Crippen LogP contribution in [-0.2, 0) is 27.3 Å². The Morgan fingerprint density at radius 2 is 2.08 bits per heavy atom. The van der Waals surface area contributed by atoms with E-state index in [1.54, 1.807) is 18.2 Å². The Bertz CT molecular complexity index is 838. The van der Waals surface area contributed by atoms with Gasteiger partial charge in [0.15, 0.2) is 11.7 Å². The molecule has 1 amide bonds. The van der Waals surface area contributed by atoms with Crippen molar-refractivity contribution in [3.05, 3.63) is 54.1 Å². The fourth-order valence-corrected chi connectivity index (χ4v) is 2.23. The van der Waals surface area contributed by atoms with Crippen molar-refractivity contribution in [2.45, 2.75) is 26.0 Å². The second-order valence-electron chi connectivity index (χ2n) is 5.23. The minimum absolute atomic E-state index is 0.0627. The number of benzene rings is 1. The summed E-state index contributed by atoms with van der Waals surface area (Å²) in [5, 5.41) is 7.26. The monoisotopic (exact) mass is 328 g/mol. The highest BCUT2D eigenvalue weighted by Gasteiger charge is 2.20. The van der Waals surface area contributed by atoms with Gasteiger partial charge in [-0.15, -0.1) is 0 Å². The maximum absolute atomic E-state index is 12.0. The molecule has 124 valence electrons. The number of fused-ring (bicyclic) bond motifs is 1. The lowest BCUT2D eigenvalue weighted by atomic mass is 10.2. The van der Waals surface area contributed by atoms with Gasteiger partial charge in [-0.1, -0.05) is 17.3 Å². The van der Waals surface area contributed by atoms with Crippen LogP contribution in [0.2, 0.25) is 0 Å². The van der Waals surface area contributed by atoms with Crippen LogP contribution in [0.4, 0.5) is 0 Å². The molecule has 0 radical (unpaired) electrons. The van der Waals surface area contributed by atoms with Crippen LogP contribution in [-0.4, -0.2) is 23.1 Å². The van der Waals surface area contributed by atoms with Crippen molar-refractivity contribution in [3.8, 4) is 0 Å². The average Bonchev–Trinajstić information content (AvgIpc) is 3.23. The Kier molecular flexibility index (Phi) is 4.60. The third kappa shape index (κ3) is 3.62. The summed E-state index contributed by atoms with van der Waals surface area (Å²) < 4.78 is 15.4. The van der Waals surface area contributed by atoms with Gasteiger partial charge in [-0.25, -0.2) is 0 Å². The van der Waals surface area contributed by atoms with E-state index >= 15 is 0 Å². The summed E-state index contributed by atoms with van der Waals surface area (Å²) in [6.45, 7) is 1.75. The summed E-state index contributed by atoms with van der Waals surface area (Å²) >= 11 is 0. The molecule has 0 spiro atoms. The molecule has 1 N–H and O–H groups in total. The molecule has 0 bridgehead atoms. The number of nitrogens with zero attached hydrogens (tertiary/aromatic N) is 1. The van der Waals surface area contributed by atoms with E-state index in [1.165, 1.54) is 13.2 Å². The second-order valence-corrected chi connectivity index (χ2v) is 5.23. The third-order valence-electron chi connectivity index (χ3n) is 3.46. The molecule has 1 aromatic carbocycles. The highest BCUT2D eigenvalue weighted by atomic mass is 16.5. The normalized spacial score (nSPS) is 12.0. The fourth-order valence-electron chi connectivity index (χ4n) is 2.23. The number of nitrogens with one attached hydrogen (secondary N) is 1. The topological polar surface area (TPSA) is 94.6 Å². The molecule has 0 aliphatic heterocycles. The molecule has 3 aromatic rings. The van der Waals surface area contributed by atoms with Gasteiger partial charge in [0.25, 0.3) is 5.91 Å². The quantitative estimate of drug-likeness (QED) is 0.697. The highest BCUT2D eigenvalue weighted by Crippen LogP contribution is 2.18. The van der Waals surface area contributed by atoms with Gasteiger partial charge >= 0.3 is 5.97 Å². The molecule has 2 aromatic heterocycles. The highest BCUT2D eigenvalue weighted by molar-refractivity contribution is 5.86. The first-order chi connectivity index (χ1) is 11.6. The summed E-state index contributed by atoms with van der Waals surface area (Å²) in [5.41, 5.74) is 1.09. The standard InChI is InChI=1S/C17H16N2O5/c1-11(17(21)18-10-12-5-4-8-22-12)23-16(20)9-14-13-6-2-3-7-15(13)24-19-14/h2-8,11H,9-10H2,1H3,(H,18,21)/t11-/m1/s1. The predicted molar refractivity (Wildman–Crippen MR) is 83.8 cm³/mol. The summed E-state index contributed by atoms with van der Waals surface area (Å²) in [7, 11) is 0. The van der Waals surface area contributed by atoms with Gasteiger partial charge < -0.3 is 19.0 Å². The van der Waals surface area contributed by atoms with Crippen LogP contribution in [0.1, 0.15) is 18.4 Å². The minimum atomic E-state index is -0.911. The lowest BCUT2D eigenvalue weighted by Crippen LogP contribution is -2.35. The second kappa shape index (κ2) is 6.99. The zero-order chi connectivity index (χ0) is 16.9. The van der Waals surface area contributed by atoms with Crippen molar-refractivity contribution in [2.24, 2.45) is 0 Å². The number of furan rings is 1. The van der Waals surface area contributed by atoms with Crippen molar-refractivity contribution in [3.63, 3.8) is 0 Å². The summed E-state index contributed by atoms with van der Waals surface area (Å²) in [6.07, 6.45) is 0.547. The number of hydrogen-bond acceptors (Lipinski definition) is 6. The molecule has 0 saturated carbocycles. The Balaban J connectivity index is 1.53. The van der Waals surface area contributed by atoms with E-state index in [-0.39, 0.29) is 13.0 Å².